The number of aromatic nitrogens is 1. The number of hydrogen-bond donors (Lipinski definition) is 1. The van der Waals surface area contributed by atoms with Crippen LogP contribution in [-0.2, 0) is 22.6 Å². The number of carbonyl (C=O) groups is 2. The zero-order chi connectivity index (χ0) is 20.5. The normalized spacial score (nSPS) is 10.2. The molecular formula is C23H23N3O3. The van der Waals surface area contributed by atoms with E-state index < -0.39 is 0 Å². The molecule has 0 saturated heterocycles. The fourth-order valence-corrected chi connectivity index (χ4v) is 2.87. The molecule has 1 heterocycles. The summed E-state index contributed by atoms with van der Waals surface area (Å²) in [5.74, 6) is 0.324. The number of anilines is 1. The maximum atomic E-state index is 12.9. The lowest BCUT2D eigenvalue weighted by Crippen LogP contribution is -2.38. The Hall–Kier alpha value is -3.67. The Labute approximate surface area is 170 Å². The molecule has 0 aliphatic heterocycles. The molecule has 0 saturated carbocycles. The summed E-state index contributed by atoms with van der Waals surface area (Å²) in [4.78, 5) is 31.1. The molecule has 0 radical (unpaired) electrons. The number of benzene rings is 2. The summed E-state index contributed by atoms with van der Waals surface area (Å²) >= 11 is 0. The first-order valence-electron chi connectivity index (χ1n) is 9.28. The van der Waals surface area contributed by atoms with E-state index in [1.807, 2.05) is 42.5 Å². The summed E-state index contributed by atoms with van der Waals surface area (Å²) < 4.78 is 5.12. The van der Waals surface area contributed by atoms with Crippen molar-refractivity contribution in [3.05, 3.63) is 90.3 Å². The lowest BCUT2D eigenvalue weighted by atomic mass is 10.1. The van der Waals surface area contributed by atoms with Crippen LogP contribution in [0.4, 0.5) is 5.69 Å². The van der Waals surface area contributed by atoms with E-state index in [2.05, 4.69) is 10.3 Å². The van der Waals surface area contributed by atoms with Gasteiger partial charge in [-0.2, -0.15) is 0 Å². The Bertz CT molecular complexity index is 929. The summed E-state index contributed by atoms with van der Waals surface area (Å²) in [6.45, 7) is 0.266. The number of nitrogens with zero attached hydrogens (tertiary/aromatic N) is 2. The average Bonchev–Trinajstić information content (AvgIpc) is 2.75. The molecule has 29 heavy (non-hydrogen) atoms. The summed E-state index contributed by atoms with van der Waals surface area (Å²) in [7, 11) is 1.59. The van der Waals surface area contributed by atoms with Gasteiger partial charge in [-0.1, -0.05) is 36.4 Å². The predicted octanol–water partition coefficient (Wildman–Crippen LogP) is 3.30. The molecular weight excluding hydrogens is 366 g/mol. The third kappa shape index (κ3) is 6.17. The van der Waals surface area contributed by atoms with Crippen LogP contribution in [0.25, 0.3) is 0 Å². The molecule has 2 amide bonds. The first-order valence-corrected chi connectivity index (χ1v) is 9.28. The molecule has 6 nitrogen and oxygen atoms in total. The van der Waals surface area contributed by atoms with E-state index in [-0.39, 0.29) is 24.8 Å². The number of amides is 2. The standard InChI is InChI=1S/C23H23N3O3/c1-29-21-11-9-20(10-12-21)25-22(27)17-26(16-19-8-5-13-24-15-19)23(28)14-18-6-3-2-4-7-18/h2-13,15H,14,16-17H2,1H3,(H,25,27). The molecule has 3 rings (SSSR count). The number of pyridine rings is 1. The van der Waals surface area contributed by atoms with Crippen LogP contribution in [0.15, 0.2) is 79.1 Å². The van der Waals surface area contributed by atoms with Crippen molar-refractivity contribution >= 4 is 17.5 Å². The maximum absolute atomic E-state index is 12.9. The quantitative estimate of drug-likeness (QED) is 0.642. The van der Waals surface area contributed by atoms with Gasteiger partial charge in [0.15, 0.2) is 0 Å². The van der Waals surface area contributed by atoms with E-state index >= 15 is 0 Å². The number of hydrogen-bond acceptors (Lipinski definition) is 4. The largest absolute Gasteiger partial charge is 0.497 e. The molecule has 0 bridgehead atoms. The van der Waals surface area contributed by atoms with E-state index in [0.717, 1.165) is 11.1 Å². The van der Waals surface area contributed by atoms with Crippen molar-refractivity contribution < 1.29 is 14.3 Å². The highest BCUT2D eigenvalue weighted by atomic mass is 16.5. The lowest BCUT2D eigenvalue weighted by Gasteiger charge is -2.22. The monoisotopic (exact) mass is 389 g/mol. The van der Waals surface area contributed by atoms with Crippen LogP contribution in [0, 0.1) is 0 Å². The van der Waals surface area contributed by atoms with Crippen LogP contribution in [0.1, 0.15) is 11.1 Å². The van der Waals surface area contributed by atoms with Crippen molar-refractivity contribution in [3.63, 3.8) is 0 Å². The number of carbonyl (C=O) groups excluding carboxylic acids is 2. The Balaban J connectivity index is 1.69. The Morgan fingerprint density at radius 3 is 2.34 bits per heavy atom. The minimum absolute atomic E-state index is 0.0490. The summed E-state index contributed by atoms with van der Waals surface area (Å²) in [5, 5.41) is 2.82. The van der Waals surface area contributed by atoms with Crippen molar-refractivity contribution in [2.75, 3.05) is 19.0 Å². The van der Waals surface area contributed by atoms with E-state index in [1.165, 1.54) is 0 Å². The first-order chi connectivity index (χ1) is 14.1. The van der Waals surface area contributed by atoms with E-state index in [9.17, 15) is 9.59 Å². The van der Waals surface area contributed by atoms with E-state index in [0.29, 0.717) is 18.0 Å². The summed E-state index contributed by atoms with van der Waals surface area (Å²) in [6.07, 6.45) is 3.61. The van der Waals surface area contributed by atoms with Gasteiger partial charge >= 0.3 is 0 Å². The SMILES string of the molecule is COc1ccc(NC(=O)CN(Cc2cccnc2)C(=O)Cc2ccccc2)cc1. The van der Waals surface area contributed by atoms with Gasteiger partial charge in [0.25, 0.3) is 0 Å². The molecule has 1 N–H and O–H groups in total. The van der Waals surface area contributed by atoms with Crippen LogP contribution >= 0.6 is 0 Å². The van der Waals surface area contributed by atoms with Gasteiger partial charge in [0, 0.05) is 24.6 Å². The molecule has 3 aromatic rings. The third-order valence-corrected chi connectivity index (χ3v) is 4.36. The van der Waals surface area contributed by atoms with Crippen molar-refractivity contribution in [1.29, 1.82) is 0 Å². The van der Waals surface area contributed by atoms with Crippen LogP contribution < -0.4 is 10.1 Å². The van der Waals surface area contributed by atoms with Crippen molar-refractivity contribution in [1.82, 2.24) is 9.88 Å². The van der Waals surface area contributed by atoms with Gasteiger partial charge in [-0.15, -0.1) is 0 Å². The van der Waals surface area contributed by atoms with Gasteiger partial charge in [-0.25, -0.2) is 0 Å². The minimum atomic E-state index is -0.263. The smallest absolute Gasteiger partial charge is 0.244 e. The molecule has 0 aliphatic carbocycles. The van der Waals surface area contributed by atoms with Gasteiger partial charge in [-0.05, 0) is 41.5 Å². The van der Waals surface area contributed by atoms with Crippen molar-refractivity contribution in [2.45, 2.75) is 13.0 Å². The van der Waals surface area contributed by atoms with E-state index in [1.54, 1.807) is 48.7 Å². The maximum Gasteiger partial charge on any atom is 0.244 e. The molecule has 0 fully saturated rings. The number of ether oxygens (including phenoxy) is 1. The molecule has 0 atom stereocenters. The minimum Gasteiger partial charge on any atom is -0.497 e. The molecule has 0 spiro atoms. The van der Waals surface area contributed by atoms with Gasteiger partial charge < -0.3 is 15.0 Å². The second-order valence-corrected chi connectivity index (χ2v) is 6.55. The van der Waals surface area contributed by atoms with Gasteiger partial charge in [0.05, 0.1) is 13.5 Å². The van der Waals surface area contributed by atoms with Crippen LogP contribution in [-0.4, -0.2) is 35.4 Å². The van der Waals surface area contributed by atoms with Crippen molar-refractivity contribution in [2.24, 2.45) is 0 Å². The van der Waals surface area contributed by atoms with Crippen LogP contribution in [0.5, 0.6) is 5.75 Å². The number of methoxy groups -OCH3 is 1. The Kier molecular flexibility index (Phi) is 6.95. The lowest BCUT2D eigenvalue weighted by molar-refractivity contribution is -0.134. The fourth-order valence-electron chi connectivity index (χ4n) is 2.87. The van der Waals surface area contributed by atoms with Gasteiger partial charge in [0.2, 0.25) is 11.8 Å². The van der Waals surface area contributed by atoms with Crippen LogP contribution in [0.2, 0.25) is 0 Å². The average molecular weight is 389 g/mol. The third-order valence-electron chi connectivity index (χ3n) is 4.36. The van der Waals surface area contributed by atoms with Gasteiger partial charge in [-0.3, -0.25) is 14.6 Å². The highest BCUT2D eigenvalue weighted by molar-refractivity contribution is 5.94. The van der Waals surface area contributed by atoms with Gasteiger partial charge in [0.1, 0.15) is 12.3 Å². The summed E-state index contributed by atoms with van der Waals surface area (Å²) in [6, 6.07) is 20.2. The second-order valence-electron chi connectivity index (χ2n) is 6.55. The molecule has 6 heteroatoms. The molecule has 2 aromatic carbocycles. The number of rotatable bonds is 8. The van der Waals surface area contributed by atoms with Crippen LogP contribution in [0.3, 0.4) is 0 Å². The Morgan fingerprint density at radius 1 is 0.966 bits per heavy atom. The second kappa shape index (κ2) is 10.0. The molecule has 0 unspecified atom stereocenters. The summed E-state index contributed by atoms with van der Waals surface area (Å²) in [5.41, 5.74) is 2.42. The fraction of sp³-hybridized carbons (Fsp3) is 0.174. The predicted molar refractivity (Wildman–Crippen MR) is 111 cm³/mol. The molecule has 0 aliphatic rings. The van der Waals surface area contributed by atoms with Crippen molar-refractivity contribution in [3.8, 4) is 5.75 Å². The Morgan fingerprint density at radius 2 is 1.69 bits per heavy atom. The van der Waals surface area contributed by atoms with E-state index in [4.69, 9.17) is 4.74 Å². The highest BCUT2D eigenvalue weighted by Crippen LogP contribution is 2.15. The zero-order valence-electron chi connectivity index (χ0n) is 16.2. The first kappa shape index (κ1) is 20.1. The highest BCUT2D eigenvalue weighted by Gasteiger charge is 2.18. The topological polar surface area (TPSA) is 71.5 Å². The molecule has 148 valence electrons. The number of nitrogens with one attached hydrogen (secondary N) is 1. The molecule has 1 aromatic heterocycles. The zero-order valence-corrected chi connectivity index (χ0v) is 16.2.